The highest BCUT2D eigenvalue weighted by Gasteiger charge is 2.44. The number of nitrogens with zero attached hydrogens (tertiary/aromatic N) is 5. The molecule has 0 spiro atoms. The first-order chi connectivity index (χ1) is 18.2. The number of aryl methyl sites for hydroxylation is 2. The van der Waals surface area contributed by atoms with Gasteiger partial charge in [0.05, 0.1) is 38.3 Å². The monoisotopic (exact) mass is 530 g/mol. The second-order valence-electron chi connectivity index (χ2n) is 9.41. The summed E-state index contributed by atoms with van der Waals surface area (Å²) in [5, 5.41) is 7.04. The summed E-state index contributed by atoms with van der Waals surface area (Å²) in [6.45, 7) is 4.00. The van der Waals surface area contributed by atoms with Gasteiger partial charge < -0.3 is 24.6 Å². The van der Waals surface area contributed by atoms with Gasteiger partial charge in [-0.1, -0.05) is 6.07 Å². The van der Waals surface area contributed by atoms with E-state index >= 15 is 0 Å². The molecule has 0 saturated carbocycles. The molecule has 5 rings (SSSR count). The smallest absolute Gasteiger partial charge is 0.378 e. The first kappa shape index (κ1) is 26.0. The third-order valence-electron chi connectivity index (χ3n) is 6.67. The third kappa shape index (κ3) is 5.76. The van der Waals surface area contributed by atoms with E-state index in [4.69, 9.17) is 14.5 Å². The highest BCUT2D eigenvalue weighted by Crippen LogP contribution is 2.33. The van der Waals surface area contributed by atoms with E-state index in [1.54, 1.807) is 16.9 Å². The van der Waals surface area contributed by atoms with Crippen molar-refractivity contribution in [2.75, 3.05) is 56.2 Å². The number of carbonyl (C=O) groups is 1. The number of nitrogens with one attached hydrogen (secondary N) is 1. The molecule has 2 amide bonds. The van der Waals surface area contributed by atoms with Crippen LogP contribution in [0.15, 0.2) is 42.7 Å². The summed E-state index contributed by atoms with van der Waals surface area (Å²) in [6.07, 6.45) is -2.86. The van der Waals surface area contributed by atoms with E-state index in [0.717, 1.165) is 51.8 Å². The van der Waals surface area contributed by atoms with Crippen LogP contribution < -0.4 is 10.2 Å². The maximum atomic E-state index is 13.1. The number of hydrogen-bond donors (Lipinski definition) is 1. The number of alkyl halides is 3. The van der Waals surface area contributed by atoms with Crippen molar-refractivity contribution >= 4 is 17.5 Å². The lowest BCUT2D eigenvalue weighted by molar-refractivity contribution is -0.233. The molecular weight excluding hydrogens is 501 g/mol. The number of rotatable bonds is 4. The van der Waals surface area contributed by atoms with E-state index in [1.807, 2.05) is 44.4 Å². The fourth-order valence-electron chi connectivity index (χ4n) is 4.57. The van der Waals surface area contributed by atoms with Crippen molar-refractivity contribution < 1.29 is 27.4 Å². The van der Waals surface area contributed by atoms with Crippen LogP contribution in [0.2, 0.25) is 0 Å². The maximum Gasteiger partial charge on any atom is 0.416 e. The predicted molar refractivity (Wildman–Crippen MR) is 136 cm³/mol. The number of halogens is 3. The maximum absolute atomic E-state index is 13.1. The molecule has 12 heteroatoms. The summed E-state index contributed by atoms with van der Waals surface area (Å²) >= 11 is 0. The molecule has 0 radical (unpaired) electrons. The Morgan fingerprint density at radius 1 is 1.08 bits per heavy atom. The van der Waals surface area contributed by atoms with Crippen LogP contribution in [0.3, 0.4) is 0 Å². The molecule has 9 nitrogen and oxygen atoms in total. The SMILES string of the molecule is Cc1ccc(NC(=O)N2CCO[C@H](C(F)(F)F)C2)cc1-c1cc(-c2cnn(C)c2)nc(N2CCOCC2)c1. The van der Waals surface area contributed by atoms with Gasteiger partial charge in [0, 0.05) is 44.1 Å². The molecule has 2 saturated heterocycles. The molecule has 2 aromatic heterocycles. The van der Waals surface area contributed by atoms with Crippen LogP contribution in [0.1, 0.15) is 5.56 Å². The highest BCUT2D eigenvalue weighted by molar-refractivity contribution is 5.91. The summed E-state index contributed by atoms with van der Waals surface area (Å²) < 4.78 is 51.4. The zero-order chi connectivity index (χ0) is 26.9. The Morgan fingerprint density at radius 3 is 2.58 bits per heavy atom. The van der Waals surface area contributed by atoms with Crippen molar-refractivity contribution in [3.63, 3.8) is 0 Å². The lowest BCUT2D eigenvalue weighted by Gasteiger charge is -2.33. The minimum absolute atomic E-state index is 0.0822. The van der Waals surface area contributed by atoms with Crippen LogP contribution in [-0.4, -0.2) is 84.0 Å². The fraction of sp³-hybridized carbons (Fsp3) is 0.423. The molecular formula is C26H29F3N6O3. The molecule has 2 aliphatic heterocycles. The van der Waals surface area contributed by atoms with Gasteiger partial charge in [0.1, 0.15) is 5.82 Å². The van der Waals surface area contributed by atoms with Crippen LogP contribution in [0, 0.1) is 6.92 Å². The van der Waals surface area contributed by atoms with Crippen molar-refractivity contribution in [3.8, 4) is 22.4 Å². The van der Waals surface area contributed by atoms with Crippen molar-refractivity contribution in [1.29, 1.82) is 0 Å². The van der Waals surface area contributed by atoms with E-state index in [2.05, 4.69) is 15.3 Å². The van der Waals surface area contributed by atoms with Crippen molar-refractivity contribution in [2.45, 2.75) is 19.2 Å². The predicted octanol–water partition coefficient (Wildman–Crippen LogP) is 4.09. The summed E-state index contributed by atoms with van der Waals surface area (Å²) in [5.41, 5.74) is 4.87. The molecule has 202 valence electrons. The summed E-state index contributed by atoms with van der Waals surface area (Å²) in [4.78, 5) is 21.0. The van der Waals surface area contributed by atoms with E-state index in [1.165, 1.54) is 0 Å². The number of morpholine rings is 2. The van der Waals surface area contributed by atoms with Gasteiger partial charge in [0.2, 0.25) is 0 Å². The molecule has 2 aliphatic rings. The van der Waals surface area contributed by atoms with Crippen LogP contribution >= 0.6 is 0 Å². The van der Waals surface area contributed by atoms with Gasteiger partial charge in [0.15, 0.2) is 6.10 Å². The van der Waals surface area contributed by atoms with Crippen molar-refractivity contribution in [2.24, 2.45) is 7.05 Å². The second kappa shape index (κ2) is 10.6. The van der Waals surface area contributed by atoms with E-state index in [9.17, 15) is 18.0 Å². The van der Waals surface area contributed by atoms with Crippen LogP contribution in [0.25, 0.3) is 22.4 Å². The summed E-state index contributed by atoms with van der Waals surface area (Å²) in [6, 6.07) is 8.84. The average molecular weight is 531 g/mol. The van der Waals surface area contributed by atoms with Crippen LogP contribution in [0.4, 0.5) is 29.5 Å². The Bertz CT molecular complexity index is 1310. The zero-order valence-electron chi connectivity index (χ0n) is 21.2. The Labute approximate surface area is 218 Å². The Morgan fingerprint density at radius 2 is 1.87 bits per heavy atom. The molecule has 0 unspecified atom stereocenters. The number of carbonyl (C=O) groups excluding carboxylic acids is 1. The number of anilines is 2. The molecule has 0 bridgehead atoms. The largest absolute Gasteiger partial charge is 0.416 e. The number of aromatic nitrogens is 3. The van der Waals surface area contributed by atoms with Gasteiger partial charge >= 0.3 is 12.2 Å². The van der Waals surface area contributed by atoms with Gasteiger partial charge in [-0.15, -0.1) is 0 Å². The third-order valence-corrected chi connectivity index (χ3v) is 6.67. The fourth-order valence-corrected chi connectivity index (χ4v) is 4.57. The number of pyridine rings is 1. The minimum Gasteiger partial charge on any atom is -0.378 e. The second-order valence-corrected chi connectivity index (χ2v) is 9.41. The molecule has 1 aromatic carbocycles. The summed E-state index contributed by atoms with van der Waals surface area (Å²) in [5.74, 6) is 0.810. The van der Waals surface area contributed by atoms with Gasteiger partial charge in [-0.3, -0.25) is 4.68 Å². The molecule has 4 heterocycles. The molecule has 1 N–H and O–H groups in total. The van der Waals surface area contributed by atoms with E-state index < -0.39 is 24.9 Å². The average Bonchev–Trinajstić information content (AvgIpc) is 3.36. The molecule has 1 atom stereocenters. The standard InChI is InChI=1S/C26H29F3N6O3/c1-17-3-4-20(31-25(36)35-7-10-38-23(16-35)26(27,28)29)13-21(17)18-11-22(19-14-30-33(2)15-19)32-24(12-18)34-5-8-37-9-6-34/h3-4,11-15,23H,5-10,16H2,1-2H3,(H,31,36)/t23-/m0/s1. The zero-order valence-corrected chi connectivity index (χ0v) is 21.2. The summed E-state index contributed by atoms with van der Waals surface area (Å²) in [7, 11) is 1.85. The molecule has 38 heavy (non-hydrogen) atoms. The minimum atomic E-state index is -4.53. The van der Waals surface area contributed by atoms with Crippen molar-refractivity contribution in [1.82, 2.24) is 19.7 Å². The Kier molecular flexibility index (Phi) is 7.26. The van der Waals surface area contributed by atoms with E-state index in [-0.39, 0.29) is 13.2 Å². The lowest BCUT2D eigenvalue weighted by atomic mass is 9.98. The van der Waals surface area contributed by atoms with Crippen molar-refractivity contribution in [3.05, 3.63) is 48.3 Å². The number of hydrogen-bond acceptors (Lipinski definition) is 6. The number of urea groups is 1. The molecule has 0 aliphatic carbocycles. The van der Waals surface area contributed by atoms with E-state index in [0.29, 0.717) is 18.9 Å². The number of amides is 2. The van der Waals surface area contributed by atoms with Crippen LogP contribution in [0.5, 0.6) is 0 Å². The Balaban J connectivity index is 1.44. The van der Waals surface area contributed by atoms with Gasteiger partial charge in [0.25, 0.3) is 0 Å². The number of benzene rings is 1. The van der Waals surface area contributed by atoms with Gasteiger partial charge in [-0.2, -0.15) is 18.3 Å². The number of ether oxygens (including phenoxy) is 2. The normalized spacial score (nSPS) is 18.5. The molecule has 3 aromatic rings. The first-order valence-corrected chi connectivity index (χ1v) is 12.4. The highest BCUT2D eigenvalue weighted by atomic mass is 19.4. The molecule has 2 fully saturated rings. The first-order valence-electron chi connectivity index (χ1n) is 12.4. The van der Waals surface area contributed by atoms with Crippen LogP contribution in [-0.2, 0) is 16.5 Å². The van der Waals surface area contributed by atoms with Gasteiger partial charge in [-0.25, -0.2) is 9.78 Å². The van der Waals surface area contributed by atoms with Gasteiger partial charge in [-0.05, 0) is 47.9 Å². The lowest BCUT2D eigenvalue weighted by Crippen LogP contribution is -2.52. The Hall–Kier alpha value is -3.64. The quantitative estimate of drug-likeness (QED) is 0.547. The topological polar surface area (TPSA) is 84.8 Å².